The highest BCUT2D eigenvalue weighted by Crippen LogP contribution is 2.40. The lowest BCUT2D eigenvalue weighted by molar-refractivity contribution is -0.140. The molecule has 1 aliphatic heterocycles. The summed E-state index contributed by atoms with van der Waals surface area (Å²) >= 11 is 5.91. The Bertz CT molecular complexity index is 973. The second kappa shape index (κ2) is 6.71. The monoisotopic (exact) mass is 394 g/mol. The van der Waals surface area contributed by atoms with Crippen molar-refractivity contribution in [3.8, 4) is 11.1 Å². The normalized spacial score (nSPS) is 15.5. The van der Waals surface area contributed by atoms with Crippen LogP contribution in [0.25, 0.3) is 16.8 Å². The predicted octanol–water partition coefficient (Wildman–Crippen LogP) is 5.37. The van der Waals surface area contributed by atoms with Gasteiger partial charge in [-0.1, -0.05) is 23.7 Å². The van der Waals surface area contributed by atoms with E-state index < -0.39 is 11.9 Å². The van der Waals surface area contributed by atoms with Crippen molar-refractivity contribution >= 4 is 23.1 Å². The first-order valence-electron chi connectivity index (χ1n) is 8.83. The lowest BCUT2D eigenvalue weighted by Gasteiger charge is -2.29. The summed E-state index contributed by atoms with van der Waals surface area (Å²) < 4.78 is 42.7. The molecule has 0 aliphatic carbocycles. The first kappa shape index (κ1) is 18.1. The van der Waals surface area contributed by atoms with Gasteiger partial charge in [-0.3, -0.25) is 0 Å². The van der Waals surface area contributed by atoms with E-state index in [1.54, 1.807) is 37.3 Å². The van der Waals surface area contributed by atoms with E-state index in [1.165, 1.54) is 4.52 Å². The molecule has 0 radical (unpaired) electrons. The number of benzene rings is 1. The Labute approximate surface area is 159 Å². The quantitative estimate of drug-likeness (QED) is 0.586. The van der Waals surface area contributed by atoms with Gasteiger partial charge >= 0.3 is 6.18 Å². The average Bonchev–Trinajstić information content (AvgIpc) is 3.02. The summed E-state index contributed by atoms with van der Waals surface area (Å²) in [6, 6.07) is 8.08. The molecule has 0 bridgehead atoms. The minimum absolute atomic E-state index is 0.0128. The predicted molar refractivity (Wildman–Crippen MR) is 99.2 cm³/mol. The highest BCUT2D eigenvalue weighted by atomic mass is 35.5. The second-order valence-electron chi connectivity index (χ2n) is 6.77. The molecule has 1 fully saturated rings. The molecule has 27 heavy (non-hydrogen) atoms. The molecule has 0 atom stereocenters. The molecule has 1 aliphatic rings. The topological polar surface area (TPSA) is 33.4 Å². The van der Waals surface area contributed by atoms with Crippen molar-refractivity contribution < 1.29 is 13.2 Å². The largest absolute Gasteiger partial charge is 0.435 e. The van der Waals surface area contributed by atoms with Gasteiger partial charge in [0.1, 0.15) is 5.82 Å². The number of anilines is 1. The third-order valence-electron chi connectivity index (χ3n) is 4.78. The number of halogens is 4. The Morgan fingerprint density at radius 3 is 2.33 bits per heavy atom. The number of fused-ring (bicyclic) bond motifs is 1. The molecule has 0 saturated carbocycles. The van der Waals surface area contributed by atoms with Crippen LogP contribution in [0.4, 0.5) is 19.0 Å². The SMILES string of the molecule is Cc1cc(N2CCCCC2)n2nc(C(F)(F)F)c(-c3ccc(Cl)cc3)c2n1. The van der Waals surface area contributed by atoms with Gasteiger partial charge in [0.05, 0.1) is 5.56 Å². The van der Waals surface area contributed by atoms with Gasteiger partial charge in [-0.15, -0.1) is 0 Å². The van der Waals surface area contributed by atoms with Crippen LogP contribution in [-0.4, -0.2) is 27.7 Å². The molecule has 4 nitrogen and oxygen atoms in total. The van der Waals surface area contributed by atoms with Crippen molar-refractivity contribution in [2.24, 2.45) is 0 Å². The van der Waals surface area contributed by atoms with Crippen LogP contribution in [0.1, 0.15) is 30.7 Å². The molecule has 142 valence electrons. The molecular formula is C19H18ClF3N4. The zero-order chi connectivity index (χ0) is 19.2. The van der Waals surface area contributed by atoms with Gasteiger partial charge < -0.3 is 4.90 Å². The number of nitrogens with zero attached hydrogens (tertiary/aromatic N) is 4. The van der Waals surface area contributed by atoms with E-state index in [-0.39, 0.29) is 11.2 Å². The molecule has 4 rings (SSSR count). The van der Waals surface area contributed by atoms with Crippen LogP contribution in [0.5, 0.6) is 0 Å². The molecule has 2 aromatic heterocycles. The number of hydrogen-bond donors (Lipinski definition) is 0. The van der Waals surface area contributed by atoms with E-state index in [2.05, 4.69) is 15.0 Å². The summed E-state index contributed by atoms with van der Waals surface area (Å²) in [4.78, 5) is 6.49. The third-order valence-corrected chi connectivity index (χ3v) is 5.03. The van der Waals surface area contributed by atoms with E-state index in [9.17, 15) is 13.2 Å². The summed E-state index contributed by atoms with van der Waals surface area (Å²) in [5, 5.41) is 4.41. The Hall–Kier alpha value is -2.28. The number of aromatic nitrogens is 3. The summed E-state index contributed by atoms with van der Waals surface area (Å²) in [5.74, 6) is 0.655. The lowest BCUT2D eigenvalue weighted by atomic mass is 10.1. The van der Waals surface area contributed by atoms with Crippen LogP contribution in [0.3, 0.4) is 0 Å². The van der Waals surface area contributed by atoms with Crippen LogP contribution < -0.4 is 4.90 Å². The molecule has 0 spiro atoms. The van der Waals surface area contributed by atoms with Crippen LogP contribution in [0, 0.1) is 6.92 Å². The molecular weight excluding hydrogens is 377 g/mol. The Morgan fingerprint density at radius 2 is 1.70 bits per heavy atom. The molecule has 3 aromatic rings. The maximum atomic E-state index is 13.8. The number of hydrogen-bond acceptors (Lipinski definition) is 3. The van der Waals surface area contributed by atoms with Crippen LogP contribution in [0.15, 0.2) is 30.3 Å². The minimum Gasteiger partial charge on any atom is -0.356 e. The van der Waals surface area contributed by atoms with Gasteiger partial charge in [0.2, 0.25) is 0 Å². The second-order valence-corrected chi connectivity index (χ2v) is 7.20. The Kier molecular flexibility index (Phi) is 4.50. The molecule has 8 heteroatoms. The smallest absolute Gasteiger partial charge is 0.356 e. The fraction of sp³-hybridized carbons (Fsp3) is 0.368. The summed E-state index contributed by atoms with van der Waals surface area (Å²) in [7, 11) is 0. The molecule has 1 saturated heterocycles. The summed E-state index contributed by atoms with van der Waals surface area (Å²) in [6.45, 7) is 3.39. The van der Waals surface area contributed by atoms with E-state index >= 15 is 0 Å². The van der Waals surface area contributed by atoms with Crippen LogP contribution in [-0.2, 0) is 6.18 Å². The van der Waals surface area contributed by atoms with E-state index in [0.29, 0.717) is 22.1 Å². The number of piperidine rings is 1. The van der Waals surface area contributed by atoms with E-state index in [0.717, 1.165) is 32.4 Å². The Balaban J connectivity index is 2.00. The van der Waals surface area contributed by atoms with Gasteiger partial charge in [0.25, 0.3) is 0 Å². The van der Waals surface area contributed by atoms with Gasteiger partial charge in [0.15, 0.2) is 11.3 Å². The molecule has 1 aromatic carbocycles. The van der Waals surface area contributed by atoms with Crippen LogP contribution >= 0.6 is 11.6 Å². The maximum absolute atomic E-state index is 13.8. The van der Waals surface area contributed by atoms with Crippen molar-refractivity contribution in [1.82, 2.24) is 14.6 Å². The minimum atomic E-state index is -4.59. The zero-order valence-corrected chi connectivity index (χ0v) is 15.5. The summed E-state index contributed by atoms with van der Waals surface area (Å²) in [5.41, 5.74) is 0.323. The molecule has 0 unspecified atom stereocenters. The third kappa shape index (κ3) is 3.36. The fourth-order valence-electron chi connectivity index (χ4n) is 3.55. The van der Waals surface area contributed by atoms with Crippen LogP contribution in [0.2, 0.25) is 5.02 Å². The number of alkyl halides is 3. The highest BCUT2D eigenvalue weighted by Gasteiger charge is 2.39. The van der Waals surface area contributed by atoms with Crippen molar-refractivity contribution in [3.05, 3.63) is 46.7 Å². The van der Waals surface area contributed by atoms with E-state index in [4.69, 9.17) is 11.6 Å². The summed E-state index contributed by atoms with van der Waals surface area (Å²) in [6.07, 6.45) is -1.43. The molecule has 3 heterocycles. The van der Waals surface area contributed by atoms with Gasteiger partial charge in [-0.25, -0.2) is 4.98 Å². The molecule has 0 amide bonds. The number of aryl methyl sites for hydroxylation is 1. The van der Waals surface area contributed by atoms with E-state index in [1.807, 2.05) is 0 Å². The lowest BCUT2D eigenvalue weighted by Crippen LogP contribution is -2.31. The van der Waals surface area contributed by atoms with Crippen molar-refractivity contribution in [1.29, 1.82) is 0 Å². The number of rotatable bonds is 2. The van der Waals surface area contributed by atoms with Crippen molar-refractivity contribution in [2.75, 3.05) is 18.0 Å². The van der Waals surface area contributed by atoms with Gasteiger partial charge in [-0.2, -0.15) is 22.8 Å². The fourth-order valence-corrected chi connectivity index (χ4v) is 3.67. The zero-order valence-electron chi connectivity index (χ0n) is 14.7. The van der Waals surface area contributed by atoms with Gasteiger partial charge in [0, 0.05) is 29.9 Å². The maximum Gasteiger partial charge on any atom is 0.435 e. The first-order valence-corrected chi connectivity index (χ1v) is 9.21. The average molecular weight is 395 g/mol. The highest BCUT2D eigenvalue weighted by molar-refractivity contribution is 6.30. The van der Waals surface area contributed by atoms with Crippen molar-refractivity contribution in [2.45, 2.75) is 32.4 Å². The molecule has 0 N–H and O–H groups in total. The van der Waals surface area contributed by atoms with Crippen molar-refractivity contribution in [3.63, 3.8) is 0 Å². The first-order chi connectivity index (χ1) is 12.8. The standard InChI is InChI=1S/C19H18ClF3N4/c1-12-11-15(26-9-3-2-4-10-26)27-18(24-12)16(17(25-27)19(21,22)23)13-5-7-14(20)8-6-13/h5-8,11H,2-4,9-10H2,1H3. The van der Waals surface area contributed by atoms with Gasteiger partial charge in [-0.05, 0) is 43.9 Å². The Morgan fingerprint density at radius 1 is 1.04 bits per heavy atom.